The molecule has 54 heavy (non-hydrogen) atoms. The second kappa shape index (κ2) is 17.3. The van der Waals surface area contributed by atoms with Crippen LogP contribution in [0.4, 0.5) is 29.0 Å². The molecule has 3 aromatic rings. The van der Waals surface area contributed by atoms with Gasteiger partial charge in [-0.3, -0.25) is 24.6 Å². The zero-order chi connectivity index (χ0) is 39.0. The Bertz CT molecular complexity index is 2400. The van der Waals surface area contributed by atoms with Gasteiger partial charge in [0.25, 0.3) is 21.8 Å². The summed E-state index contributed by atoms with van der Waals surface area (Å²) in [4.78, 5) is 31.3. The molecule has 1 aromatic heterocycles. The minimum Gasteiger partial charge on any atom is -0.505 e. The van der Waals surface area contributed by atoms with Crippen molar-refractivity contribution in [2.45, 2.75) is 4.90 Å². The fraction of sp³-hybridized carbons (Fsp3) is 0.0714. The van der Waals surface area contributed by atoms with Gasteiger partial charge in [0.05, 0.1) is 35.0 Å². The van der Waals surface area contributed by atoms with Crippen LogP contribution in [0.2, 0.25) is 5.28 Å². The Morgan fingerprint density at radius 2 is 1.76 bits per heavy atom. The largest absolute Gasteiger partial charge is 0.505 e. The van der Waals surface area contributed by atoms with Crippen molar-refractivity contribution in [3.8, 4) is 0 Å². The molecule has 2 aliphatic rings. The normalized spacial score (nSPS) is 15.8. The number of nitrogens with zero attached hydrogens (tertiary/aromatic N) is 6. The van der Waals surface area contributed by atoms with E-state index < -0.39 is 48.4 Å². The minimum atomic E-state index is -4.93. The first-order valence-electron chi connectivity index (χ1n) is 14.4. The molecule has 2 aromatic carbocycles. The van der Waals surface area contributed by atoms with E-state index in [2.05, 4.69) is 45.3 Å². The maximum absolute atomic E-state index is 12.4. The van der Waals surface area contributed by atoms with Crippen molar-refractivity contribution in [2.24, 2.45) is 10.1 Å². The molecular formula is C28H22ClN9O12S4. The molecule has 0 saturated carbocycles. The third-order valence-electron chi connectivity index (χ3n) is 6.41. The SMILES string of the molecule is O=[N+]([O-])c1cccc(NC(=S)Nc2nc(Cl)nc(N=C3C=CC4=C(O)C(=NNc5ccc(SOOCCOS(=O)(=O)O)cc5)C(S(=O)(=O)O)=CC4=C3)n2)c1. The summed E-state index contributed by atoms with van der Waals surface area (Å²) in [6.07, 6.45) is 5.33. The predicted octanol–water partition coefficient (Wildman–Crippen LogP) is 4.65. The number of rotatable bonds is 14. The number of benzene rings is 2. The number of anilines is 3. The van der Waals surface area contributed by atoms with E-state index in [-0.39, 0.29) is 51.4 Å². The van der Waals surface area contributed by atoms with Crippen LogP contribution in [-0.2, 0) is 33.9 Å². The van der Waals surface area contributed by atoms with Crippen LogP contribution in [-0.4, -0.2) is 80.7 Å². The maximum atomic E-state index is 12.4. The van der Waals surface area contributed by atoms with Crippen LogP contribution in [0, 0.1) is 10.1 Å². The first kappa shape index (κ1) is 40.0. The number of halogens is 1. The number of fused-ring (bicyclic) bond motifs is 1. The zero-order valence-corrected chi connectivity index (χ0v) is 30.6. The number of allylic oxidation sites excluding steroid dienone is 7. The molecule has 0 saturated heterocycles. The number of nitro benzene ring substituents is 1. The van der Waals surface area contributed by atoms with E-state index in [1.807, 2.05) is 0 Å². The zero-order valence-electron chi connectivity index (χ0n) is 26.6. The van der Waals surface area contributed by atoms with Crippen molar-refractivity contribution >= 4 is 102 Å². The Hall–Kier alpha value is -5.22. The summed E-state index contributed by atoms with van der Waals surface area (Å²) in [5.74, 6) is -0.909. The third-order valence-corrected chi connectivity index (χ3v) is 8.74. The molecule has 0 unspecified atom stereocenters. The quantitative estimate of drug-likeness (QED) is 0.0245. The van der Waals surface area contributed by atoms with E-state index in [1.165, 1.54) is 48.6 Å². The van der Waals surface area contributed by atoms with E-state index in [4.69, 9.17) is 37.6 Å². The fourth-order valence-electron chi connectivity index (χ4n) is 4.21. The minimum absolute atomic E-state index is 0.0311. The molecule has 6 N–H and O–H groups in total. The second-order valence-electron chi connectivity index (χ2n) is 10.1. The Labute approximate surface area is 319 Å². The first-order valence-corrected chi connectivity index (χ1v) is 18.8. The summed E-state index contributed by atoms with van der Waals surface area (Å²) in [7, 11) is -9.53. The van der Waals surface area contributed by atoms with Gasteiger partial charge in [0.15, 0.2) is 10.9 Å². The fourth-order valence-corrected chi connectivity index (χ4v) is 5.96. The van der Waals surface area contributed by atoms with Gasteiger partial charge in [-0.2, -0.15) is 41.2 Å². The van der Waals surface area contributed by atoms with Gasteiger partial charge >= 0.3 is 10.4 Å². The average Bonchev–Trinajstić information content (AvgIpc) is 3.08. The van der Waals surface area contributed by atoms with E-state index >= 15 is 0 Å². The van der Waals surface area contributed by atoms with E-state index in [9.17, 15) is 36.6 Å². The smallest absolute Gasteiger partial charge is 0.397 e. The molecule has 0 atom stereocenters. The number of aliphatic hydroxyl groups is 1. The summed E-state index contributed by atoms with van der Waals surface area (Å²) in [5.41, 5.74) is 3.05. The summed E-state index contributed by atoms with van der Waals surface area (Å²) in [6.45, 7) is -0.782. The number of aromatic nitrogens is 3. The Morgan fingerprint density at radius 3 is 2.46 bits per heavy atom. The summed E-state index contributed by atoms with van der Waals surface area (Å²) in [5, 5.41) is 31.3. The summed E-state index contributed by atoms with van der Waals surface area (Å²) < 4.78 is 73.2. The predicted molar refractivity (Wildman–Crippen MR) is 199 cm³/mol. The number of nitro groups is 1. The number of non-ortho nitro benzene ring substituents is 1. The highest BCUT2D eigenvalue weighted by atomic mass is 35.5. The lowest BCUT2D eigenvalue weighted by Crippen LogP contribution is -2.22. The van der Waals surface area contributed by atoms with Crippen LogP contribution in [0.5, 0.6) is 0 Å². The lowest BCUT2D eigenvalue weighted by atomic mass is 9.91. The molecule has 0 radical (unpaired) electrons. The lowest BCUT2D eigenvalue weighted by molar-refractivity contribution is -0.384. The van der Waals surface area contributed by atoms with Gasteiger partial charge in [-0.05, 0) is 84.0 Å². The maximum Gasteiger partial charge on any atom is 0.397 e. The van der Waals surface area contributed by atoms with Crippen LogP contribution >= 0.6 is 35.9 Å². The Morgan fingerprint density at radius 1 is 1.00 bits per heavy atom. The van der Waals surface area contributed by atoms with Gasteiger partial charge in [0, 0.05) is 28.3 Å². The number of thiocarbonyl (C=S) groups is 1. The number of hydrazone groups is 1. The first-order chi connectivity index (χ1) is 25.5. The third kappa shape index (κ3) is 11.4. The van der Waals surface area contributed by atoms with Crippen LogP contribution in [0.15, 0.2) is 110 Å². The van der Waals surface area contributed by atoms with Crippen molar-refractivity contribution in [1.29, 1.82) is 0 Å². The van der Waals surface area contributed by atoms with E-state index in [0.29, 0.717) is 16.3 Å². The number of aliphatic hydroxyl groups excluding tert-OH is 1. The van der Waals surface area contributed by atoms with Gasteiger partial charge < -0.3 is 15.7 Å². The van der Waals surface area contributed by atoms with Crippen molar-refractivity contribution in [2.75, 3.05) is 29.3 Å². The standard InChI is InChI=1S/C28H22ClN9O12S4/c29-25-32-26(34-27(33-25)35-28(51)31-17-2-1-3-19(14-17)38(40)41)30-18-6-9-21-15(12-18)13-22(53(42,43)44)23(24(21)39)37-36-16-4-7-20(8-5-16)52-50-48-10-11-49-54(45,46)47/h1-9,12-14,36,39H,10-11H2,(H,42,43,44)(H,45,46,47)(H2,31,32,33,34,35,51). The molecule has 2 aliphatic carbocycles. The summed E-state index contributed by atoms with van der Waals surface area (Å²) in [6, 6.07) is 11.7. The molecule has 1 heterocycles. The summed E-state index contributed by atoms with van der Waals surface area (Å²) >= 11 is 12.1. The number of nitrogens with one attached hydrogen (secondary N) is 3. The highest BCUT2D eigenvalue weighted by molar-refractivity contribution is 7.94. The number of hydrogen-bond acceptors (Lipinski definition) is 18. The van der Waals surface area contributed by atoms with Gasteiger partial charge in [0.2, 0.25) is 11.2 Å². The van der Waals surface area contributed by atoms with Crippen molar-refractivity contribution in [3.05, 3.63) is 110 Å². The molecular weight excluding hydrogens is 818 g/mol. The Balaban J connectivity index is 1.28. The molecule has 5 rings (SSSR count). The molecule has 0 fully saturated rings. The number of hydrogen-bond donors (Lipinski definition) is 6. The van der Waals surface area contributed by atoms with E-state index in [1.54, 1.807) is 18.2 Å². The van der Waals surface area contributed by atoms with Crippen molar-refractivity contribution in [1.82, 2.24) is 15.0 Å². The number of aliphatic imine (C=N–C) groups is 1. The average molecular weight is 840 g/mol. The topological polar surface area (TPSA) is 299 Å². The highest BCUT2D eigenvalue weighted by Gasteiger charge is 2.32. The molecule has 282 valence electrons. The van der Waals surface area contributed by atoms with Crippen LogP contribution < -0.4 is 16.1 Å². The molecule has 0 spiro atoms. The molecule has 0 amide bonds. The van der Waals surface area contributed by atoms with Crippen LogP contribution in [0.1, 0.15) is 0 Å². The molecule has 0 aliphatic heterocycles. The highest BCUT2D eigenvalue weighted by Crippen LogP contribution is 2.32. The lowest BCUT2D eigenvalue weighted by Gasteiger charge is -2.20. The van der Waals surface area contributed by atoms with Crippen LogP contribution in [0.25, 0.3) is 0 Å². The molecule has 21 nitrogen and oxygen atoms in total. The molecule has 26 heteroatoms. The van der Waals surface area contributed by atoms with Gasteiger partial charge in [0.1, 0.15) is 17.2 Å². The van der Waals surface area contributed by atoms with Crippen molar-refractivity contribution < 1.29 is 49.4 Å². The van der Waals surface area contributed by atoms with Gasteiger partial charge in [-0.1, -0.05) is 6.07 Å². The Kier molecular flexibility index (Phi) is 12.8. The monoisotopic (exact) mass is 839 g/mol. The van der Waals surface area contributed by atoms with Gasteiger partial charge in [-0.15, -0.1) is 0 Å². The van der Waals surface area contributed by atoms with Crippen molar-refractivity contribution in [3.63, 3.8) is 0 Å². The molecule has 0 bridgehead atoms. The van der Waals surface area contributed by atoms with Crippen LogP contribution in [0.3, 0.4) is 0 Å². The second-order valence-corrected chi connectivity index (χ2v) is 14.2. The van der Waals surface area contributed by atoms with E-state index in [0.717, 1.165) is 18.1 Å². The van der Waals surface area contributed by atoms with Gasteiger partial charge in [-0.25, -0.2) is 14.1 Å².